The molecule has 0 unspecified atom stereocenters. The fourth-order valence-corrected chi connectivity index (χ4v) is 3.05. The van der Waals surface area contributed by atoms with E-state index in [2.05, 4.69) is 15.6 Å². The first-order chi connectivity index (χ1) is 10.2. The van der Waals surface area contributed by atoms with E-state index in [0.717, 1.165) is 44.7 Å². The van der Waals surface area contributed by atoms with E-state index in [1.165, 1.54) is 12.8 Å². The minimum Gasteiger partial charge on any atom is -0.337 e. The van der Waals surface area contributed by atoms with Gasteiger partial charge in [-0.1, -0.05) is 5.21 Å². The van der Waals surface area contributed by atoms with Gasteiger partial charge in [0, 0.05) is 13.1 Å². The summed E-state index contributed by atoms with van der Waals surface area (Å²) in [6, 6.07) is 0.374. The van der Waals surface area contributed by atoms with Crippen LogP contribution in [0, 0.1) is 12.8 Å². The summed E-state index contributed by atoms with van der Waals surface area (Å²) in [4.78, 5) is 14.6. The number of amides is 1. The van der Waals surface area contributed by atoms with Crippen molar-refractivity contribution in [3.63, 3.8) is 0 Å². The van der Waals surface area contributed by atoms with E-state index in [1.54, 1.807) is 0 Å². The minimum atomic E-state index is 0. The minimum absolute atomic E-state index is 0. The summed E-state index contributed by atoms with van der Waals surface area (Å²) in [5.74, 6) is 0.746. The molecule has 22 heavy (non-hydrogen) atoms. The molecule has 0 bridgehead atoms. The average Bonchev–Trinajstić information content (AvgIpc) is 3.26. The predicted octanol–water partition coefficient (Wildman–Crippen LogP) is 1.80. The number of hydrogen-bond acceptors (Lipinski definition) is 4. The Morgan fingerprint density at radius 2 is 2.00 bits per heavy atom. The number of carbonyl (C=O) groups is 1. The maximum Gasteiger partial charge on any atom is 0.276 e. The lowest BCUT2D eigenvalue weighted by molar-refractivity contribution is 0.0750. The smallest absolute Gasteiger partial charge is 0.276 e. The number of rotatable bonds is 5. The molecule has 1 saturated carbocycles. The van der Waals surface area contributed by atoms with Crippen molar-refractivity contribution < 1.29 is 4.79 Å². The van der Waals surface area contributed by atoms with Crippen LogP contribution < -0.4 is 5.32 Å². The van der Waals surface area contributed by atoms with Crippen molar-refractivity contribution in [3.8, 4) is 0 Å². The van der Waals surface area contributed by atoms with E-state index >= 15 is 0 Å². The summed E-state index contributed by atoms with van der Waals surface area (Å²) in [6.07, 6.45) is 4.61. The zero-order chi connectivity index (χ0) is 14.8. The third-order valence-electron chi connectivity index (χ3n) is 4.63. The van der Waals surface area contributed by atoms with Gasteiger partial charge < -0.3 is 10.2 Å². The SMILES string of the molecule is CCN(CC1CC1)C(=O)c1nnn(C2CCNCC2)c1C.Cl. The van der Waals surface area contributed by atoms with Crippen molar-refractivity contribution >= 4 is 18.3 Å². The van der Waals surface area contributed by atoms with Gasteiger partial charge in [0.1, 0.15) is 0 Å². The van der Waals surface area contributed by atoms with Gasteiger partial charge in [-0.05, 0) is 58.5 Å². The quantitative estimate of drug-likeness (QED) is 0.895. The second-order valence-electron chi connectivity index (χ2n) is 6.24. The summed E-state index contributed by atoms with van der Waals surface area (Å²) in [5, 5.41) is 11.8. The van der Waals surface area contributed by atoms with E-state index in [0.29, 0.717) is 17.7 Å². The Morgan fingerprint density at radius 3 is 2.59 bits per heavy atom. The van der Waals surface area contributed by atoms with Gasteiger partial charge in [-0.15, -0.1) is 17.5 Å². The highest BCUT2D eigenvalue weighted by Gasteiger charge is 2.29. The van der Waals surface area contributed by atoms with Crippen LogP contribution in [-0.4, -0.2) is 52.0 Å². The van der Waals surface area contributed by atoms with Crippen LogP contribution in [0.5, 0.6) is 0 Å². The molecule has 3 rings (SSSR count). The van der Waals surface area contributed by atoms with Gasteiger partial charge in [0.15, 0.2) is 5.69 Å². The Labute approximate surface area is 138 Å². The monoisotopic (exact) mass is 327 g/mol. The van der Waals surface area contributed by atoms with Crippen LogP contribution in [0.4, 0.5) is 0 Å². The maximum atomic E-state index is 12.7. The van der Waals surface area contributed by atoms with Gasteiger partial charge in [0.2, 0.25) is 0 Å². The zero-order valence-electron chi connectivity index (χ0n) is 13.4. The van der Waals surface area contributed by atoms with E-state index in [-0.39, 0.29) is 18.3 Å². The molecule has 2 heterocycles. The van der Waals surface area contributed by atoms with E-state index in [9.17, 15) is 4.79 Å². The fourth-order valence-electron chi connectivity index (χ4n) is 3.05. The third-order valence-corrected chi connectivity index (χ3v) is 4.63. The number of nitrogens with one attached hydrogen (secondary N) is 1. The highest BCUT2D eigenvalue weighted by atomic mass is 35.5. The number of nitrogens with zero attached hydrogens (tertiary/aromatic N) is 4. The van der Waals surface area contributed by atoms with E-state index in [4.69, 9.17) is 0 Å². The van der Waals surface area contributed by atoms with Gasteiger partial charge in [0.25, 0.3) is 5.91 Å². The third kappa shape index (κ3) is 3.60. The predicted molar refractivity (Wildman–Crippen MR) is 87.4 cm³/mol. The molecular formula is C15H26ClN5O. The molecule has 2 aliphatic rings. The number of piperidine rings is 1. The molecule has 6 nitrogen and oxygen atoms in total. The van der Waals surface area contributed by atoms with Crippen molar-refractivity contribution in [1.82, 2.24) is 25.2 Å². The second-order valence-corrected chi connectivity index (χ2v) is 6.24. The summed E-state index contributed by atoms with van der Waals surface area (Å²) < 4.78 is 1.96. The molecule has 0 spiro atoms. The largest absolute Gasteiger partial charge is 0.337 e. The summed E-state index contributed by atoms with van der Waals surface area (Å²) in [5.41, 5.74) is 1.46. The topological polar surface area (TPSA) is 63.1 Å². The second kappa shape index (κ2) is 7.42. The molecule has 0 aromatic carbocycles. The molecule has 1 aliphatic carbocycles. The molecule has 1 aromatic heterocycles. The van der Waals surface area contributed by atoms with Gasteiger partial charge in [0.05, 0.1) is 11.7 Å². The Hall–Kier alpha value is -1.14. The van der Waals surface area contributed by atoms with Crippen molar-refractivity contribution in [1.29, 1.82) is 0 Å². The number of hydrogen-bond donors (Lipinski definition) is 1. The van der Waals surface area contributed by atoms with Crippen LogP contribution in [0.3, 0.4) is 0 Å². The van der Waals surface area contributed by atoms with Crippen LogP contribution in [0.2, 0.25) is 0 Å². The lowest BCUT2D eigenvalue weighted by atomic mass is 10.1. The first-order valence-corrected chi connectivity index (χ1v) is 8.12. The van der Waals surface area contributed by atoms with Crippen molar-refractivity contribution in [2.75, 3.05) is 26.2 Å². The Bertz CT molecular complexity index is 508. The lowest BCUT2D eigenvalue weighted by Crippen LogP contribution is -2.33. The number of carbonyl (C=O) groups excluding carboxylic acids is 1. The molecule has 7 heteroatoms. The van der Waals surface area contributed by atoms with E-state index < -0.39 is 0 Å². The first kappa shape index (κ1) is 17.2. The van der Waals surface area contributed by atoms with Gasteiger partial charge in [-0.3, -0.25) is 4.79 Å². The number of aromatic nitrogens is 3. The molecule has 1 amide bonds. The molecular weight excluding hydrogens is 302 g/mol. The van der Waals surface area contributed by atoms with Gasteiger partial charge >= 0.3 is 0 Å². The normalized spacial score (nSPS) is 18.8. The Balaban J connectivity index is 0.00000176. The molecule has 2 fully saturated rings. The number of halogens is 1. The molecule has 1 aliphatic heterocycles. The fraction of sp³-hybridized carbons (Fsp3) is 0.800. The highest BCUT2D eigenvalue weighted by molar-refractivity contribution is 5.93. The molecule has 1 N–H and O–H groups in total. The van der Waals surface area contributed by atoms with Gasteiger partial charge in [-0.25, -0.2) is 4.68 Å². The summed E-state index contributed by atoms with van der Waals surface area (Å²) in [7, 11) is 0. The van der Waals surface area contributed by atoms with Crippen LogP contribution in [0.15, 0.2) is 0 Å². The lowest BCUT2D eigenvalue weighted by Gasteiger charge is -2.24. The highest BCUT2D eigenvalue weighted by Crippen LogP contribution is 2.30. The van der Waals surface area contributed by atoms with Crippen LogP contribution >= 0.6 is 12.4 Å². The summed E-state index contributed by atoms with van der Waals surface area (Å²) >= 11 is 0. The van der Waals surface area contributed by atoms with Crippen LogP contribution in [0.1, 0.15) is 54.8 Å². The molecule has 0 radical (unpaired) electrons. The standard InChI is InChI=1S/C15H25N5O.ClH/c1-3-19(10-12-4-5-12)15(21)14-11(2)20(18-17-14)13-6-8-16-9-7-13;/h12-13,16H,3-10H2,1-2H3;1H. The van der Waals surface area contributed by atoms with Crippen molar-refractivity contribution in [2.45, 2.75) is 45.6 Å². The van der Waals surface area contributed by atoms with Gasteiger partial charge in [-0.2, -0.15) is 0 Å². The molecule has 124 valence electrons. The zero-order valence-corrected chi connectivity index (χ0v) is 14.2. The first-order valence-electron chi connectivity index (χ1n) is 8.12. The maximum absolute atomic E-state index is 12.7. The molecule has 1 aromatic rings. The van der Waals surface area contributed by atoms with Crippen molar-refractivity contribution in [2.24, 2.45) is 5.92 Å². The van der Waals surface area contributed by atoms with Crippen LogP contribution in [0.25, 0.3) is 0 Å². The average molecular weight is 328 g/mol. The summed E-state index contributed by atoms with van der Waals surface area (Å²) in [6.45, 7) is 7.64. The molecule has 1 saturated heterocycles. The van der Waals surface area contributed by atoms with E-state index in [1.807, 2.05) is 23.4 Å². The van der Waals surface area contributed by atoms with Crippen molar-refractivity contribution in [3.05, 3.63) is 11.4 Å². The molecule has 0 atom stereocenters. The Kier molecular flexibility index (Phi) is 5.81. The van der Waals surface area contributed by atoms with Crippen LogP contribution in [-0.2, 0) is 0 Å². The Morgan fingerprint density at radius 1 is 1.32 bits per heavy atom.